The highest BCUT2D eigenvalue weighted by Crippen LogP contribution is 2.57. The maximum Gasteiger partial charge on any atom is 0.238 e. The summed E-state index contributed by atoms with van der Waals surface area (Å²) in [6.07, 6.45) is 7.53. The van der Waals surface area contributed by atoms with Crippen molar-refractivity contribution in [3.63, 3.8) is 0 Å². The number of fused-ring (bicyclic) bond motifs is 3. The van der Waals surface area contributed by atoms with Crippen LogP contribution in [0, 0.1) is 17.8 Å². The first-order valence-electron chi connectivity index (χ1n) is 16.1. The minimum absolute atomic E-state index is 0.133. The molecule has 9 nitrogen and oxygen atoms in total. The fraction of sp³-hybridized carbons (Fsp3) is 0.250. The van der Waals surface area contributed by atoms with Gasteiger partial charge in [0.25, 0.3) is 0 Å². The molecule has 0 radical (unpaired) electrons. The number of phenols is 1. The number of carbonyl (C=O) groups is 4. The lowest BCUT2D eigenvalue weighted by atomic mass is 9.59. The van der Waals surface area contributed by atoms with E-state index in [2.05, 4.69) is 0 Å². The van der Waals surface area contributed by atoms with E-state index in [9.17, 15) is 24.3 Å². The lowest BCUT2D eigenvalue weighted by molar-refractivity contribution is -0.123. The summed E-state index contributed by atoms with van der Waals surface area (Å²) >= 11 is 0. The van der Waals surface area contributed by atoms with E-state index in [0.717, 1.165) is 16.7 Å². The standard InChI is InChI=1S/C40H35NO8/c1-21-18-31(42)36-30(37(21)43)20-29-26(34(36)27-6-5-7-33(49-4)38(27)44)15-16-28-35(29)40(46)41(39(28)45)24-12-9-22(10-13-24)8-11-23-19-25(47-2)14-17-32(23)48-3/h5-15,17-19,28-29,34-35,44H,16,20H2,1-4H3. The minimum atomic E-state index is -0.767. The Labute approximate surface area is 283 Å². The maximum atomic E-state index is 14.3. The number of hydrogen-bond donors (Lipinski definition) is 1. The number of phenolic OH excluding ortho intramolecular Hbond substituents is 1. The fourth-order valence-electron chi connectivity index (χ4n) is 7.82. The van der Waals surface area contributed by atoms with Crippen molar-refractivity contribution in [2.24, 2.45) is 17.8 Å². The summed E-state index contributed by atoms with van der Waals surface area (Å²) in [5, 5.41) is 11.2. The number of hydrogen-bond acceptors (Lipinski definition) is 8. The summed E-state index contributed by atoms with van der Waals surface area (Å²) in [7, 11) is 4.64. The number of methoxy groups -OCH3 is 3. The van der Waals surface area contributed by atoms with E-state index in [0.29, 0.717) is 45.9 Å². The van der Waals surface area contributed by atoms with Gasteiger partial charge in [0.2, 0.25) is 11.8 Å². The number of carbonyl (C=O) groups excluding carboxylic acids is 4. The number of nitrogens with zero attached hydrogens (tertiary/aromatic N) is 1. The average molecular weight is 658 g/mol. The molecule has 3 aromatic rings. The molecule has 4 atom stereocenters. The second kappa shape index (κ2) is 12.4. The quantitative estimate of drug-likeness (QED) is 0.138. The molecule has 1 saturated heterocycles. The average Bonchev–Trinajstić information content (AvgIpc) is 3.38. The van der Waals surface area contributed by atoms with Gasteiger partial charge in [-0.05, 0) is 73.7 Å². The van der Waals surface area contributed by atoms with Crippen molar-refractivity contribution >= 4 is 41.2 Å². The van der Waals surface area contributed by atoms with Crippen molar-refractivity contribution in [3.8, 4) is 23.0 Å². The number of para-hydroxylation sites is 1. The molecule has 0 aromatic heterocycles. The number of rotatable bonds is 7. The van der Waals surface area contributed by atoms with Gasteiger partial charge >= 0.3 is 0 Å². The van der Waals surface area contributed by atoms with Gasteiger partial charge in [-0.1, -0.05) is 48.1 Å². The SMILES string of the molecule is COc1ccc(OC)c(C=Cc2ccc(N3C(=O)C4CC=C5C(c6cccc(OC)c6O)C6=C(CC5C4C3=O)C(=O)C(C)=CC6=O)cc2)c1. The number of Topliss-reactive ketones (excluding diaryl/α,β-unsaturated/α-hetero) is 1. The molecule has 49 heavy (non-hydrogen) atoms. The summed E-state index contributed by atoms with van der Waals surface area (Å²) in [4.78, 5) is 56.6. The van der Waals surface area contributed by atoms with E-state index >= 15 is 0 Å². The Morgan fingerprint density at radius 3 is 2.31 bits per heavy atom. The molecule has 0 saturated carbocycles. The number of aromatic hydroxyl groups is 1. The van der Waals surface area contributed by atoms with E-state index in [1.165, 1.54) is 18.1 Å². The molecule has 7 rings (SSSR count). The number of allylic oxidation sites excluding steroid dienone is 6. The smallest absolute Gasteiger partial charge is 0.238 e. The Morgan fingerprint density at radius 1 is 0.837 bits per heavy atom. The van der Waals surface area contributed by atoms with Crippen LogP contribution in [0.2, 0.25) is 0 Å². The fourth-order valence-corrected chi connectivity index (χ4v) is 7.82. The van der Waals surface area contributed by atoms with Crippen LogP contribution in [0.5, 0.6) is 23.0 Å². The molecule has 3 aliphatic carbocycles. The lowest BCUT2D eigenvalue weighted by Crippen LogP contribution is -2.39. The summed E-state index contributed by atoms with van der Waals surface area (Å²) in [5.41, 5.74) is 4.29. The van der Waals surface area contributed by atoms with Gasteiger partial charge in [-0.25, -0.2) is 0 Å². The predicted molar refractivity (Wildman–Crippen MR) is 183 cm³/mol. The highest BCUT2D eigenvalue weighted by molar-refractivity contribution is 6.25. The van der Waals surface area contributed by atoms with Crippen LogP contribution in [0.3, 0.4) is 0 Å². The van der Waals surface area contributed by atoms with Gasteiger partial charge in [0.1, 0.15) is 11.5 Å². The third-order valence-corrected chi connectivity index (χ3v) is 10.2. The number of anilines is 1. The van der Waals surface area contributed by atoms with Gasteiger partial charge in [0, 0.05) is 33.8 Å². The van der Waals surface area contributed by atoms with Gasteiger partial charge in [-0.15, -0.1) is 0 Å². The molecule has 1 aliphatic heterocycles. The second-order valence-corrected chi connectivity index (χ2v) is 12.7. The largest absolute Gasteiger partial charge is 0.504 e. The number of benzene rings is 3. The highest BCUT2D eigenvalue weighted by atomic mass is 16.5. The maximum absolute atomic E-state index is 14.3. The van der Waals surface area contributed by atoms with E-state index in [1.807, 2.05) is 48.6 Å². The third-order valence-electron chi connectivity index (χ3n) is 10.2. The number of ether oxygens (including phenoxy) is 3. The summed E-state index contributed by atoms with van der Waals surface area (Å²) < 4.78 is 16.2. The molecule has 4 unspecified atom stereocenters. The first-order valence-corrected chi connectivity index (χ1v) is 16.1. The summed E-state index contributed by atoms with van der Waals surface area (Å²) in [6.45, 7) is 1.61. The first kappa shape index (κ1) is 31.9. The monoisotopic (exact) mass is 657 g/mol. The van der Waals surface area contributed by atoms with Crippen molar-refractivity contribution in [1.29, 1.82) is 0 Å². The van der Waals surface area contributed by atoms with Gasteiger partial charge in [0.15, 0.2) is 23.1 Å². The van der Waals surface area contributed by atoms with Crippen LogP contribution in [0.1, 0.15) is 42.4 Å². The first-order chi connectivity index (χ1) is 23.7. The molecule has 248 valence electrons. The van der Waals surface area contributed by atoms with Gasteiger partial charge in [-0.2, -0.15) is 0 Å². The van der Waals surface area contributed by atoms with Crippen molar-refractivity contribution in [2.75, 3.05) is 26.2 Å². The summed E-state index contributed by atoms with van der Waals surface area (Å²) in [5.74, 6) is -2.33. The zero-order chi connectivity index (χ0) is 34.6. The van der Waals surface area contributed by atoms with Crippen molar-refractivity contribution in [3.05, 3.63) is 112 Å². The van der Waals surface area contributed by atoms with Gasteiger partial charge < -0.3 is 19.3 Å². The van der Waals surface area contributed by atoms with Crippen LogP contribution >= 0.6 is 0 Å². The summed E-state index contributed by atoms with van der Waals surface area (Å²) in [6, 6.07) is 17.7. The third kappa shape index (κ3) is 5.17. The lowest BCUT2D eigenvalue weighted by Gasteiger charge is -2.42. The topological polar surface area (TPSA) is 119 Å². The van der Waals surface area contributed by atoms with Crippen LogP contribution < -0.4 is 19.1 Å². The molecule has 4 aliphatic rings. The van der Waals surface area contributed by atoms with E-state index in [4.69, 9.17) is 14.2 Å². The molecule has 0 bridgehead atoms. The van der Waals surface area contributed by atoms with Crippen molar-refractivity contribution < 1.29 is 38.5 Å². The molecule has 1 fully saturated rings. The Balaban J connectivity index is 1.22. The van der Waals surface area contributed by atoms with Crippen molar-refractivity contribution in [1.82, 2.24) is 0 Å². The van der Waals surface area contributed by atoms with Crippen LogP contribution in [0.4, 0.5) is 5.69 Å². The predicted octanol–water partition coefficient (Wildman–Crippen LogP) is 6.22. The van der Waals surface area contributed by atoms with E-state index in [1.54, 1.807) is 51.5 Å². The van der Waals surface area contributed by atoms with Crippen LogP contribution in [0.15, 0.2) is 95.1 Å². The molecule has 3 aromatic carbocycles. The number of ketones is 2. The Hall–Kier alpha value is -5.70. The zero-order valence-electron chi connectivity index (χ0n) is 27.6. The molecule has 0 spiro atoms. The molecule has 9 heteroatoms. The molecule has 1 N–H and O–H groups in total. The highest BCUT2D eigenvalue weighted by Gasteiger charge is 2.56. The molecule has 2 amide bonds. The molecular formula is C40H35NO8. The van der Waals surface area contributed by atoms with E-state index < -0.39 is 23.7 Å². The van der Waals surface area contributed by atoms with Crippen LogP contribution in [-0.4, -0.2) is 49.8 Å². The number of imide groups is 1. The molecule has 1 heterocycles. The Bertz CT molecular complexity index is 2050. The minimum Gasteiger partial charge on any atom is -0.504 e. The van der Waals surface area contributed by atoms with Gasteiger partial charge in [-0.3, -0.25) is 24.1 Å². The molecular weight excluding hydrogens is 622 g/mol. The van der Waals surface area contributed by atoms with E-state index in [-0.39, 0.29) is 41.3 Å². The Morgan fingerprint density at radius 2 is 1.59 bits per heavy atom. The normalized spacial score (nSPS) is 23.2. The second-order valence-electron chi connectivity index (χ2n) is 12.7. The van der Waals surface area contributed by atoms with Gasteiger partial charge in [0.05, 0.1) is 38.9 Å². The Kier molecular flexibility index (Phi) is 8.06. The number of amides is 2. The van der Waals surface area contributed by atoms with Crippen LogP contribution in [-0.2, 0) is 19.2 Å². The zero-order valence-corrected chi connectivity index (χ0v) is 27.6. The van der Waals surface area contributed by atoms with Crippen LogP contribution in [0.25, 0.3) is 12.2 Å². The van der Waals surface area contributed by atoms with Crippen molar-refractivity contribution in [2.45, 2.75) is 25.7 Å².